The molecule has 13 nitrogen and oxygen atoms in total. The summed E-state index contributed by atoms with van der Waals surface area (Å²) in [4.78, 5) is 35.5. The van der Waals surface area contributed by atoms with Gasteiger partial charge in [-0.15, -0.1) is 0 Å². The normalized spacial score (nSPS) is 22.9. The van der Waals surface area contributed by atoms with Crippen LogP contribution in [-0.2, 0) is 32.7 Å². The molecule has 0 aromatic heterocycles. The molecule has 14 heteroatoms. The highest BCUT2D eigenvalue weighted by atomic mass is 31.2. The van der Waals surface area contributed by atoms with E-state index in [0.717, 1.165) is 57.8 Å². The Morgan fingerprint density at radius 2 is 0.911 bits per heavy atom. The number of aliphatic hydroxyl groups excluding tert-OH is 5. The molecule has 56 heavy (non-hydrogen) atoms. The number of unbranched alkanes of at least 4 members (excludes halogenated alkanes) is 22. The second-order valence-electron chi connectivity index (χ2n) is 15.6. The Bertz CT molecular complexity index is 1040. The number of esters is 2. The molecule has 1 fully saturated rings. The molecule has 6 unspecified atom stereocenters. The number of carbonyl (C=O) groups is 2. The summed E-state index contributed by atoms with van der Waals surface area (Å²) in [5.74, 6) is -1.10. The molecule has 0 aliphatic heterocycles. The first-order valence-electron chi connectivity index (χ1n) is 22.0. The third-order valence-corrected chi connectivity index (χ3v) is 11.3. The maximum Gasteiger partial charge on any atom is 0.472 e. The van der Waals surface area contributed by atoms with Gasteiger partial charge in [0.1, 0.15) is 43.2 Å². The van der Waals surface area contributed by atoms with Crippen molar-refractivity contribution in [3.63, 3.8) is 0 Å². The Labute approximate surface area is 337 Å². The van der Waals surface area contributed by atoms with Crippen LogP contribution in [0.25, 0.3) is 0 Å². The van der Waals surface area contributed by atoms with Gasteiger partial charge in [-0.2, -0.15) is 0 Å². The third kappa shape index (κ3) is 25.8. The van der Waals surface area contributed by atoms with E-state index in [0.29, 0.717) is 12.8 Å². The highest BCUT2D eigenvalue weighted by molar-refractivity contribution is 7.47. The van der Waals surface area contributed by atoms with Crippen molar-refractivity contribution >= 4 is 19.8 Å². The molecule has 330 valence electrons. The van der Waals surface area contributed by atoms with E-state index in [1.54, 1.807) is 0 Å². The number of phosphoric acid groups is 1. The summed E-state index contributed by atoms with van der Waals surface area (Å²) in [6.07, 6.45) is 20.0. The van der Waals surface area contributed by atoms with E-state index in [2.05, 4.69) is 26.0 Å². The van der Waals surface area contributed by atoms with E-state index in [4.69, 9.17) is 18.5 Å². The van der Waals surface area contributed by atoms with Crippen LogP contribution in [0.1, 0.15) is 187 Å². The number of phosphoric ester groups is 1. The predicted octanol–water partition coefficient (Wildman–Crippen LogP) is 7.89. The Morgan fingerprint density at radius 1 is 0.536 bits per heavy atom. The van der Waals surface area contributed by atoms with Crippen LogP contribution in [0.3, 0.4) is 0 Å². The van der Waals surface area contributed by atoms with Gasteiger partial charge in [-0.05, 0) is 38.5 Å². The Hall–Kier alpha value is -1.41. The van der Waals surface area contributed by atoms with E-state index in [-0.39, 0.29) is 12.8 Å². The van der Waals surface area contributed by atoms with Crippen LogP contribution >= 0.6 is 7.82 Å². The van der Waals surface area contributed by atoms with Crippen molar-refractivity contribution in [1.29, 1.82) is 0 Å². The second-order valence-corrected chi connectivity index (χ2v) is 17.0. The molecule has 0 heterocycles. The quantitative estimate of drug-likeness (QED) is 0.0154. The number of rotatable bonds is 36. The SMILES string of the molecule is CCCCCCCC/C=C\CCCCCCCCCC(=O)OC[C@H](COP(=O)(O)OC1C(O)C(O)C(O)[C@@H](O)C1O)OC(=O)CCCCCCCCCCCC. The maximum absolute atomic E-state index is 12.8. The van der Waals surface area contributed by atoms with Gasteiger partial charge in [-0.1, -0.05) is 148 Å². The number of hydrogen-bond donors (Lipinski definition) is 6. The molecule has 1 rings (SSSR count). The molecule has 0 spiro atoms. The lowest BCUT2D eigenvalue weighted by Crippen LogP contribution is -2.64. The highest BCUT2D eigenvalue weighted by Gasteiger charge is 2.51. The molecule has 6 N–H and O–H groups in total. The minimum Gasteiger partial charge on any atom is -0.462 e. The van der Waals surface area contributed by atoms with Crippen molar-refractivity contribution in [1.82, 2.24) is 0 Å². The fraction of sp³-hybridized carbons (Fsp3) is 0.905. The van der Waals surface area contributed by atoms with Gasteiger partial charge in [0.05, 0.1) is 6.61 Å². The molecule has 0 aromatic carbocycles. The lowest BCUT2D eigenvalue weighted by molar-refractivity contribution is -0.220. The third-order valence-electron chi connectivity index (χ3n) is 10.4. The summed E-state index contributed by atoms with van der Waals surface area (Å²) in [6, 6.07) is 0. The van der Waals surface area contributed by atoms with Crippen molar-refractivity contribution in [3.05, 3.63) is 12.2 Å². The van der Waals surface area contributed by atoms with Crippen LogP contribution in [0.2, 0.25) is 0 Å². The Balaban J connectivity index is 2.45. The molecule has 1 saturated carbocycles. The first kappa shape index (κ1) is 52.6. The molecule has 0 bridgehead atoms. The van der Waals surface area contributed by atoms with Gasteiger partial charge in [0, 0.05) is 12.8 Å². The van der Waals surface area contributed by atoms with E-state index in [1.165, 1.54) is 89.9 Å². The molecule has 0 saturated heterocycles. The smallest absolute Gasteiger partial charge is 0.462 e. The maximum atomic E-state index is 12.8. The minimum absolute atomic E-state index is 0.0999. The Kier molecular flexibility index (Phi) is 31.4. The minimum atomic E-state index is -5.11. The first-order chi connectivity index (χ1) is 26.9. The molecule has 0 amide bonds. The van der Waals surface area contributed by atoms with E-state index < -0.39 is 75.7 Å². The summed E-state index contributed by atoms with van der Waals surface area (Å²) in [6.45, 7) is 3.27. The van der Waals surface area contributed by atoms with Gasteiger partial charge in [0.25, 0.3) is 0 Å². The van der Waals surface area contributed by atoms with Gasteiger partial charge >= 0.3 is 19.8 Å². The molecule has 0 aromatic rings. The van der Waals surface area contributed by atoms with Gasteiger partial charge < -0.3 is 39.9 Å². The Morgan fingerprint density at radius 3 is 1.36 bits per heavy atom. The van der Waals surface area contributed by atoms with Crippen molar-refractivity contribution in [2.24, 2.45) is 0 Å². The van der Waals surface area contributed by atoms with Crippen molar-refractivity contribution in [3.8, 4) is 0 Å². The lowest BCUT2D eigenvalue weighted by atomic mass is 9.85. The second kappa shape index (κ2) is 33.4. The topological polar surface area (TPSA) is 210 Å². The highest BCUT2D eigenvalue weighted by Crippen LogP contribution is 2.47. The first-order valence-corrected chi connectivity index (χ1v) is 23.5. The number of hydrogen-bond acceptors (Lipinski definition) is 12. The summed E-state index contributed by atoms with van der Waals surface area (Å²) >= 11 is 0. The number of ether oxygens (including phenoxy) is 2. The van der Waals surface area contributed by atoms with Gasteiger partial charge in [0.2, 0.25) is 0 Å². The van der Waals surface area contributed by atoms with Crippen molar-refractivity contribution in [2.45, 2.75) is 230 Å². The number of aliphatic hydroxyl groups is 5. The van der Waals surface area contributed by atoms with Crippen LogP contribution in [0.15, 0.2) is 12.2 Å². The fourth-order valence-corrected chi connectivity index (χ4v) is 7.73. The average molecular weight is 823 g/mol. The van der Waals surface area contributed by atoms with Crippen LogP contribution in [0.5, 0.6) is 0 Å². The number of carbonyl (C=O) groups excluding carboxylic acids is 2. The van der Waals surface area contributed by atoms with Gasteiger partial charge in [0.15, 0.2) is 6.10 Å². The zero-order valence-corrected chi connectivity index (χ0v) is 35.6. The van der Waals surface area contributed by atoms with E-state index in [1.807, 2.05) is 0 Å². The van der Waals surface area contributed by atoms with Crippen molar-refractivity contribution < 1.29 is 63.1 Å². The summed E-state index contributed by atoms with van der Waals surface area (Å²) in [7, 11) is -5.11. The largest absolute Gasteiger partial charge is 0.472 e. The standard InChI is InChI=1S/C42H79O13P/c1-3-5-7-9-11-13-15-16-17-18-19-20-21-23-24-26-28-30-35(43)52-32-34(54-36(44)31-29-27-25-22-14-12-10-8-6-4-2)33-53-56(50,51)55-42-40(48)38(46)37(45)39(47)41(42)49/h16-17,34,37-42,45-49H,3-15,18-33H2,1-2H3,(H,50,51)/b17-16-/t34-,37?,38-,39?,40?,41?,42?/m1/s1. The molecule has 1 aliphatic rings. The average Bonchev–Trinajstić information content (AvgIpc) is 3.18. The summed E-state index contributed by atoms with van der Waals surface area (Å²) < 4.78 is 33.4. The predicted molar refractivity (Wildman–Crippen MR) is 217 cm³/mol. The summed E-state index contributed by atoms with van der Waals surface area (Å²) in [5, 5.41) is 50.0. The zero-order chi connectivity index (χ0) is 41.4. The van der Waals surface area contributed by atoms with Crippen LogP contribution in [-0.4, -0.2) is 98.3 Å². The zero-order valence-electron chi connectivity index (χ0n) is 34.7. The van der Waals surface area contributed by atoms with Crippen LogP contribution < -0.4 is 0 Å². The fourth-order valence-electron chi connectivity index (χ4n) is 6.75. The molecular weight excluding hydrogens is 743 g/mol. The lowest BCUT2D eigenvalue weighted by Gasteiger charge is -2.41. The number of allylic oxidation sites excluding steroid dienone is 2. The molecule has 1 aliphatic carbocycles. The van der Waals surface area contributed by atoms with Gasteiger partial charge in [-0.3, -0.25) is 18.6 Å². The molecule has 0 radical (unpaired) electrons. The van der Waals surface area contributed by atoms with Gasteiger partial charge in [-0.25, -0.2) is 4.57 Å². The van der Waals surface area contributed by atoms with Crippen LogP contribution in [0, 0.1) is 0 Å². The monoisotopic (exact) mass is 823 g/mol. The van der Waals surface area contributed by atoms with Crippen LogP contribution in [0.4, 0.5) is 0 Å². The van der Waals surface area contributed by atoms with E-state index in [9.17, 15) is 44.6 Å². The van der Waals surface area contributed by atoms with Crippen molar-refractivity contribution in [2.75, 3.05) is 13.2 Å². The summed E-state index contributed by atoms with van der Waals surface area (Å²) in [5.41, 5.74) is 0. The van der Waals surface area contributed by atoms with E-state index >= 15 is 0 Å². The molecule has 8 atom stereocenters. The molecular formula is C42H79O13P.